The highest BCUT2D eigenvalue weighted by molar-refractivity contribution is 5.45. The van der Waals surface area contributed by atoms with E-state index in [2.05, 4.69) is 5.32 Å². The van der Waals surface area contributed by atoms with Gasteiger partial charge in [0.15, 0.2) is 11.5 Å². The molecular formula is C16H25NO4. The molecule has 1 unspecified atom stereocenters. The van der Waals surface area contributed by atoms with E-state index in [1.54, 1.807) is 0 Å². The molecule has 118 valence electrons. The van der Waals surface area contributed by atoms with Crippen molar-refractivity contribution in [2.45, 2.75) is 32.4 Å². The van der Waals surface area contributed by atoms with E-state index in [9.17, 15) is 0 Å². The van der Waals surface area contributed by atoms with Crippen LogP contribution in [0.1, 0.15) is 32.4 Å². The first-order valence-corrected chi connectivity index (χ1v) is 7.28. The van der Waals surface area contributed by atoms with Crippen molar-refractivity contribution in [3.05, 3.63) is 23.8 Å². The Morgan fingerprint density at radius 2 is 1.95 bits per heavy atom. The Kier molecular flexibility index (Phi) is 5.45. The van der Waals surface area contributed by atoms with Gasteiger partial charge in [-0.1, -0.05) is 6.07 Å². The highest BCUT2D eigenvalue weighted by atomic mass is 16.7. The maximum absolute atomic E-state index is 5.70. The molecule has 0 spiro atoms. The number of ether oxygens (including phenoxy) is 4. The van der Waals surface area contributed by atoms with Crippen LogP contribution in [0.3, 0.4) is 0 Å². The van der Waals surface area contributed by atoms with Gasteiger partial charge in [0.1, 0.15) is 0 Å². The number of likely N-dealkylation sites (N-methyl/N-ethyl adjacent to an activating group) is 1. The van der Waals surface area contributed by atoms with E-state index < -0.39 is 0 Å². The van der Waals surface area contributed by atoms with Gasteiger partial charge >= 0.3 is 0 Å². The summed E-state index contributed by atoms with van der Waals surface area (Å²) >= 11 is 0. The molecule has 1 aliphatic heterocycles. The van der Waals surface area contributed by atoms with Gasteiger partial charge in [0.05, 0.1) is 31.5 Å². The quantitative estimate of drug-likeness (QED) is 0.783. The summed E-state index contributed by atoms with van der Waals surface area (Å²) in [5, 5.41) is 3.25. The van der Waals surface area contributed by atoms with Crippen LogP contribution in [0.25, 0.3) is 0 Å². The second kappa shape index (κ2) is 7.11. The summed E-state index contributed by atoms with van der Waals surface area (Å²) in [5.74, 6) is 1.59. The summed E-state index contributed by atoms with van der Waals surface area (Å²) in [6, 6.07) is 6.08. The second-order valence-electron chi connectivity index (χ2n) is 5.99. The van der Waals surface area contributed by atoms with Crippen molar-refractivity contribution in [3.8, 4) is 11.5 Å². The molecule has 0 aromatic heterocycles. The Balaban J connectivity index is 1.80. The third-order valence-corrected chi connectivity index (χ3v) is 3.19. The van der Waals surface area contributed by atoms with Gasteiger partial charge < -0.3 is 24.3 Å². The van der Waals surface area contributed by atoms with Crippen LogP contribution in [0.15, 0.2) is 18.2 Å². The number of fused-ring (bicyclic) bond motifs is 1. The molecule has 1 N–H and O–H groups in total. The van der Waals surface area contributed by atoms with E-state index in [4.69, 9.17) is 18.9 Å². The molecule has 21 heavy (non-hydrogen) atoms. The molecular weight excluding hydrogens is 270 g/mol. The Morgan fingerprint density at radius 3 is 2.67 bits per heavy atom. The first-order chi connectivity index (χ1) is 9.99. The molecule has 1 aliphatic rings. The van der Waals surface area contributed by atoms with Crippen molar-refractivity contribution in [3.63, 3.8) is 0 Å². The molecule has 1 heterocycles. The average Bonchev–Trinajstić information content (AvgIpc) is 2.89. The molecule has 1 atom stereocenters. The molecule has 0 bridgehead atoms. The van der Waals surface area contributed by atoms with Crippen molar-refractivity contribution in [2.24, 2.45) is 0 Å². The topological polar surface area (TPSA) is 49.0 Å². The summed E-state index contributed by atoms with van der Waals surface area (Å²) in [5.41, 5.74) is 1.00. The van der Waals surface area contributed by atoms with Crippen LogP contribution in [-0.2, 0) is 9.47 Å². The van der Waals surface area contributed by atoms with Gasteiger partial charge in [-0.3, -0.25) is 0 Å². The number of hydrogen-bond acceptors (Lipinski definition) is 5. The van der Waals surface area contributed by atoms with Crippen molar-refractivity contribution < 1.29 is 18.9 Å². The van der Waals surface area contributed by atoms with E-state index in [0.717, 1.165) is 17.1 Å². The lowest BCUT2D eigenvalue weighted by molar-refractivity contribution is -0.0372. The zero-order valence-electron chi connectivity index (χ0n) is 13.3. The van der Waals surface area contributed by atoms with Crippen LogP contribution in [0, 0.1) is 0 Å². The van der Waals surface area contributed by atoms with Gasteiger partial charge in [-0.2, -0.15) is 0 Å². The Labute approximate surface area is 126 Å². The first kappa shape index (κ1) is 16.1. The van der Waals surface area contributed by atoms with E-state index in [1.165, 1.54) is 0 Å². The average molecular weight is 295 g/mol. The lowest BCUT2D eigenvalue weighted by Crippen LogP contribution is -2.25. The number of nitrogens with one attached hydrogen (secondary N) is 1. The van der Waals surface area contributed by atoms with Crippen LogP contribution in [0.5, 0.6) is 11.5 Å². The normalized spacial score (nSPS) is 15.2. The molecule has 0 amide bonds. The summed E-state index contributed by atoms with van der Waals surface area (Å²) in [6.07, 6.45) is 0. The third kappa shape index (κ3) is 4.88. The first-order valence-electron chi connectivity index (χ1n) is 7.28. The monoisotopic (exact) mass is 295 g/mol. The molecule has 0 aliphatic carbocycles. The zero-order valence-corrected chi connectivity index (χ0v) is 13.3. The van der Waals surface area contributed by atoms with Crippen LogP contribution in [0.2, 0.25) is 0 Å². The molecule has 0 saturated carbocycles. The minimum absolute atomic E-state index is 0.120. The number of hydrogen-bond donors (Lipinski definition) is 1. The number of benzene rings is 1. The van der Waals surface area contributed by atoms with Crippen molar-refractivity contribution >= 4 is 0 Å². The van der Waals surface area contributed by atoms with E-state index in [-0.39, 0.29) is 11.6 Å². The SMILES string of the molecule is CNC(COCCOC(C)(C)C)c1ccc2c(c1)OCO2. The minimum atomic E-state index is -0.122. The predicted octanol–water partition coefficient (Wildman–Crippen LogP) is 2.51. The zero-order chi connectivity index (χ0) is 15.3. The van der Waals surface area contributed by atoms with E-state index in [0.29, 0.717) is 26.6 Å². The highest BCUT2D eigenvalue weighted by Crippen LogP contribution is 2.34. The Hall–Kier alpha value is -1.30. The third-order valence-electron chi connectivity index (χ3n) is 3.19. The standard InChI is InChI=1S/C16H25NO4/c1-16(2,3)21-8-7-18-10-13(17-4)12-5-6-14-15(9-12)20-11-19-14/h5-6,9,13,17H,7-8,10-11H2,1-4H3. The lowest BCUT2D eigenvalue weighted by atomic mass is 10.1. The van der Waals surface area contributed by atoms with Gasteiger partial charge in [-0.25, -0.2) is 0 Å². The molecule has 0 radical (unpaired) electrons. The van der Waals surface area contributed by atoms with Crippen LogP contribution in [-0.4, -0.2) is 39.3 Å². The summed E-state index contributed by atoms with van der Waals surface area (Å²) in [4.78, 5) is 0. The fourth-order valence-corrected chi connectivity index (χ4v) is 2.08. The summed E-state index contributed by atoms with van der Waals surface area (Å²) in [7, 11) is 1.92. The maximum atomic E-state index is 5.70. The van der Waals surface area contributed by atoms with Gasteiger partial charge in [-0.05, 0) is 45.5 Å². The molecule has 5 heteroatoms. The fourth-order valence-electron chi connectivity index (χ4n) is 2.08. The molecule has 0 saturated heterocycles. The second-order valence-corrected chi connectivity index (χ2v) is 5.99. The molecule has 1 aromatic rings. The Bertz CT molecular complexity index is 456. The van der Waals surface area contributed by atoms with Gasteiger partial charge in [0, 0.05) is 0 Å². The van der Waals surface area contributed by atoms with E-state index >= 15 is 0 Å². The van der Waals surface area contributed by atoms with Crippen molar-refractivity contribution in [1.29, 1.82) is 0 Å². The predicted molar refractivity (Wildman–Crippen MR) is 80.9 cm³/mol. The van der Waals surface area contributed by atoms with E-state index in [1.807, 2.05) is 46.0 Å². The van der Waals surface area contributed by atoms with Crippen LogP contribution < -0.4 is 14.8 Å². The largest absolute Gasteiger partial charge is 0.454 e. The molecule has 2 rings (SSSR count). The van der Waals surface area contributed by atoms with Gasteiger partial charge in [0.2, 0.25) is 6.79 Å². The fraction of sp³-hybridized carbons (Fsp3) is 0.625. The molecule has 1 aromatic carbocycles. The Morgan fingerprint density at radius 1 is 1.19 bits per heavy atom. The number of rotatable bonds is 7. The molecule has 5 nitrogen and oxygen atoms in total. The smallest absolute Gasteiger partial charge is 0.231 e. The van der Waals surface area contributed by atoms with Crippen LogP contribution >= 0.6 is 0 Å². The van der Waals surface area contributed by atoms with Gasteiger partial charge in [0.25, 0.3) is 0 Å². The van der Waals surface area contributed by atoms with Crippen molar-refractivity contribution in [2.75, 3.05) is 33.7 Å². The summed E-state index contributed by atoms with van der Waals surface area (Å²) < 4.78 is 22.1. The molecule has 0 fully saturated rings. The van der Waals surface area contributed by atoms with Crippen LogP contribution in [0.4, 0.5) is 0 Å². The van der Waals surface area contributed by atoms with Crippen molar-refractivity contribution in [1.82, 2.24) is 5.32 Å². The summed E-state index contributed by atoms with van der Waals surface area (Å²) in [6.45, 7) is 8.18. The maximum Gasteiger partial charge on any atom is 0.231 e. The lowest BCUT2D eigenvalue weighted by Gasteiger charge is -2.21. The minimum Gasteiger partial charge on any atom is -0.454 e. The van der Waals surface area contributed by atoms with Gasteiger partial charge in [-0.15, -0.1) is 0 Å². The highest BCUT2D eigenvalue weighted by Gasteiger charge is 2.17.